The van der Waals surface area contributed by atoms with E-state index in [1.165, 1.54) is 6.42 Å². The van der Waals surface area contributed by atoms with Crippen LogP contribution in [0.1, 0.15) is 29.7 Å². The normalized spacial score (nSPS) is 23.2. The molecule has 7 heteroatoms. The van der Waals surface area contributed by atoms with Crippen molar-refractivity contribution >= 4 is 5.95 Å². The van der Waals surface area contributed by atoms with Crippen LogP contribution >= 0.6 is 0 Å². The van der Waals surface area contributed by atoms with Gasteiger partial charge in [0.25, 0.3) is 0 Å². The van der Waals surface area contributed by atoms with Crippen LogP contribution in [0.4, 0.5) is 5.95 Å². The Morgan fingerprint density at radius 2 is 1.92 bits per heavy atom. The van der Waals surface area contributed by atoms with Crippen molar-refractivity contribution in [2.75, 3.05) is 24.5 Å². The molecule has 7 nitrogen and oxygen atoms in total. The fourth-order valence-electron chi connectivity index (χ4n) is 4.19. The van der Waals surface area contributed by atoms with Crippen molar-refractivity contribution < 1.29 is 10.2 Å². The number of hydrogen-bond acceptors (Lipinski definition) is 7. The number of hydrogen-bond donors (Lipinski definition) is 2. The van der Waals surface area contributed by atoms with Gasteiger partial charge in [-0.1, -0.05) is 0 Å². The highest BCUT2D eigenvalue weighted by Crippen LogP contribution is 2.33. The quantitative estimate of drug-likeness (QED) is 0.859. The van der Waals surface area contributed by atoms with Crippen LogP contribution in [0.3, 0.4) is 0 Å². The van der Waals surface area contributed by atoms with Crippen LogP contribution in [0.15, 0.2) is 24.7 Å². The Morgan fingerprint density at radius 1 is 1.12 bits per heavy atom. The number of piperidine rings is 1. The lowest BCUT2D eigenvalue weighted by molar-refractivity contribution is 0.124. The highest BCUT2D eigenvalue weighted by atomic mass is 16.3. The molecule has 0 aliphatic carbocycles. The molecule has 0 radical (unpaired) electrons. The summed E-state index contributed by atoms with van der Waals surface area (Å²) in [5, 5.41) is 20.1. The largest absolute Gasteiger partial charge is 0.506 e. The zero-order chi connectivity index (χ0) is 18.1. The Bertz CT molecular complexity index is 770. The average molecular weight is 355 g/mol. The maximum atomic E-state index is 10.5. The molecule has 0 unspecified atom stereocenters. The third-order valence-corrected chi connectivity index (χ3v) is 5.62. The summed E-state index contributed by atoms with van der Waals surface area (Å²) in [5.74, 6) is 1.56. The molecule has 0 saturated carbocycles. The summed E-state index contributed by atoms with van der Waals surface area (Å²) in [5.41, 5.74) is 2.11. The summed E-state index contributed by atoms with van der Waals surface area (Å²) in [6.45, 7) is 5.16. The van der Waals surface area contributed by atoms with E-state index in [9.17, 15) is 10.2 Å². The van der Waals surface area contributed by atoms with E-state index in [0.29, 0.717) is 29.8 Å². The van der Waals surface area contributed by atoms with Crippen molar-refractivity contribution in [2.45, 2.75) is 39.0 Å². The first-order valence-electron chi connectivity index (χ1n) is 9.19. The summed E-state index contributed by atoms with van der Waals surface area (Å²) < 4.78 is 0. The molecule has 2 aromatic rings. The van der Waals surface area contributed by atoms with Crippen LogP contribution in [0.2, 0.25) is 0 Å². The van der Waals surface area contributed by atoms with E-state index in [4.69, 9.17) is 0 Å². The second kappa shape index (κ2) is 7.17. The maximum absolute atomic E-state index is 10.5. The zero-order valence-corrected chi connectivity index (χ0v) is 15.0. The van der Waals surface area contributed by atoms with E-state index >= 15 is 0 Å². The van der Waals surface area contributed by atoms with Gasteiger partial charge in [0.2, 0.25) is 5.95 Å². The number of pyridine rings is 1. The van der Waals surface area contributed by atoms with Gasteiger partial charge in [-0.2, -0.15) is 0 Å². The molecule has 26 heavy (non-hydrogen) atoms. The van der Waals surface area contributed by atoms with Gasteiger partial charge in [-0.25, -0.2) is 9.97 Å². The monoisotopic (exact) mass is 355 g/mol. The fourth-order valence-corrected chi connectivity index (χ4v) is 4.19. The minimum atomic E-state index is -0.109. The molecule has 3 saturated heterocycles. The Labute approximate surface area is 153 Å². The number of aromatic nitrogens is 3. The molecule has 138 valence electrons. The minimum Gasteiger partial charge on any atom is -0.506 e. The third kappa shape index (κ3) is 3.24. The van der Waals surface area contributed by atoms with Crippen molar-refractivity contribution in [1.82, 2.24) is 19.9 Å². The van der Waals surface area contributed by atoms with Crippen LogP contribution in [-0.4, -0.2) is 55.7 Å². The number of aryl methyl sites for hydroxylation is 1. The lowest BCUT2D eigenvalue weighted by Gasteiger charge is -2.36. The van der Waals surface area contributed by atoms with Crippen LogP contribution in [0.25, 0.3) is 0 Å². The van der Waals surface area contributed by atoms with Crippen molar-refractivity contribution in [2.24, 2.45) is 5.92 Å². The Morgan fingerprint density at radius 3 is 2.69 bits per heavy atom. The van der Waals surface area contributed by atoms with Crippen LogP contribution in [-0.2, 0) is 13.2 Å². The summed E-state index contributed by atoms with van der Waals surface area (Å²) >= 11 is 0. The van der Waals surface area contributed by atoms with Gasteiger partial charge in [-0.3, -0.25) is 9.88 Å². The van der Waals surface area contributed by atoms with Crippen molar-refractivity contribution in [1.29, 1.82) is 0 Å². The number of aliphatic hydroxyl groups is 1. The number of aromatic hydroxyl groups is 1. The standard InChI is InChI=1S/C19H25N5O2/c1-13-18(26)17(15(12-25)7-22-13)11-23-8-14-3-4-16(23)10-24(9-14)19-20-5-2-6-21-19/h2,5-7,14,16,25-26H,3-4,8-12H2,1H3/t14-,16-/m1/s1. The van der Waals surface area contributed by atoms with E-state index in [2.05, 4.69) is 24.8 Å². The number of rotatable bonds is 4. The predicted octanol–water partition coefficient (Wildman–Crippen LogP) is 1.48. The molecule has 2 aromatic heterocycles. The van der Waals surface area contributed by atoms with Crippen LogP contribution in [0, 0.1) is 12.8 Å². The van der Waals surface area contributed by atoms with E-state index in [-0.39, 0.29) is 12.4 Å². The second-order valence-electron chi connectivity index (χ2n) is 7.33. The molecule has 0 aromatic carbocycles. The number of fused-ring (bicyclic) bond motifs is 4. The smallest absolute Gasteiger partial charge is 0.225 e. The first kappa shape index (κ1) is 17.2. The zero-order valence-electron chi connectivity index (χ0n) is 15.0. The van der Waals surface area contributed by atoms with E-state index in [1.54, 1.807) is 25.5 Å². The van der Waals surface area contributed by atoms with Gasteiger partial charge >= 0.3 is 0 Å². The Kier molecular flexibility index (Phi) is 4.74. The van der Waals surface area contributed by atoms with Crippen LogP contribution < -0.4 is 4.90 Å². The van der Waals surface area contributed by atoms with Gasteiger partial charge in [-0.05, 0) is 31.7 Å². The summed E-state index contributed by atoms with van der Waals surface area (Å²) in [6.07, 6.45) is 7.59. The van der Waals surface area contributed by atoms with Gasteiger partial charge in [0, 0.05) is 61.9 Å². The van der Waals surface area contributed by atoms with Gasteiger partial charge in [0.05, 0.1) is 12.3 Å². The molecule has 2 bridgehead atoms. The summed E-state index contributed by atoms with van der Waals surface area (Å²) in [7, 11) is 0. The lowest BCUT2D eigenvalue weighted by atomic mass is 9.94. The Balaban J connectivity index is 1.57. The van der Waals surface area contributed by atoms with Crippen molar-refractivity contribution in [3.05, 3.63) is 41.5 Å². The second-order valence-corrected chi connectivity index (χ2v) is 7.33. The highest BCUT2D eigenvalue weighted by molar-refractivity contribution is 5.40. The van der Waals surface area contributed by atoms with Gasteiger partial charge in [0.1, 0.15) is 5.75 Å². The predicted molar refractivity (Wildman–Crippen MR) is 97.7 cm³/mol. The summed E-state index contributed by atoms with van der Waals surface area (Å²) in [6, 6.07) is 2.23. The molecule has 3 aliphatic rings. The molecule has 0 amide bonds. The molecule has 3 aliphatic heterocycles. The minimum absolute atomic E-state index is 0.109. The van der Waals surface area contributed by atoms with Crippen molar-refractivity contribution in [3.63, 3.8) is 0 Å². The van der Waals surface area contributed by atoms with E-state index < -0.39 is 0 Å². The van der Waals surface area contributed by atoms with Gasteiger partial charge in [0.15, 0.2) is 0 Å². The fraction of sp³-hybridized carbons (Fsp3) is 0.526. The number of anilines is 1. The number of nitrogens with zero attached hydrogens (tertiary/aromatic N) is 5. The van der Waals surface area contributed by atoms with E-state index in [1.807, 2.05) is 6.07 Å². The maximum Gasteiger partial charge on any atom is 0.225 e. The molecular weight excluding hydrogens is 330 g/mol. The molecule has 5 rings (SSSR count). The Hall–Kier alpha value is -2.25. The average Bonchev–Trinajstić information content (AvgIpc) is 2.98. The topological polar surface area (TPSA) is 85.6 Å². The van der Waals surface area contributed by atoms with E-state index in [0.717, 1.165) is 37.6 Å². The van der Waals surface area contributed by atoms with Crippen LogP contribution in [0.5, 0.6) is 5.75 Å². The lowest BCUT2D eigenvalue weighted by Crippen LogP contribution is -2.43. The van der Waals surface area contributed by atoms with Gasteiger partial charge < -0.3 is 15.1 Å². The van der Waals surface area contributed by atoms with Gasteiger partial charge in [-0.15, -0.1) is 0 Å². The molecule has 2 N–H and O–H groups in total. The number of aliphatic hydroxyl groups excluding tert-OH is 1. The first-order chi connectivity index (χ1) is 12.7. The molecular formula is C19H25N5O2. The molecule has 3 fully saturated rings. The molecule has 2 atom stereocenters. The summed E-state index contributed by atoms with van der Waals surface area (Å²) in [4.78, 5) is 17.7. The molecule has 0 spiro atoms. The van der Waals surface area contributed by atoms with Crippen molar-refractivity contribution in [3.8, 4) is 5.75 Å². The first-order valence-corrected chi connectivity index (χ1v) is 9.19. The molecule has 5 heterocycles. The third-order valence-electron chi connectivity index (χ3n) is 5.62. The highest BCUT2D eigenvalue weighted by Gasteiger charge is 2.36. The SMILES string of the molecule is Cc1ncc(CO)c(CN2C[C@H]3CC[C@@H]2CN(c2ncccn2)C3)c1O.